The minimum absolute atomic E-state index is 0.0170. The van der Waals surface area contributed by atoms with E-state index in [0.29, 0.717) is 36.1 Å². The summed E-state index contributed by atoms with van der Waals surface area (Å²) >= 11 is 0. The Morgan fingerprint density at radius 1 is 1.41 bits per heavy atom. The van der Waals surface area contributed by atoms with Crippen molar-refractivity contribution in [3.63, 3.8) is 0 Å². The summed E-state index contributed by atoms with van der Waals surface area (Å²) in [7, 11) is 0. The number of carbonyl (C=O) groups excluding carboxylic acids is 1. The first-order chi connectivity index (χ1) is 8.22. The average molecular weight is 236 g/mol. The lowest BCUT2D eigenvalue weighted by atomic mass is 10.2. The van der Waals surface area contributed by atoms with E-state index in [-0.39, 0.29) is 18.6 Å². The smallest absolute Gasteiger partial charge is 0.262 e. The fourth-order valence-corrected chi connectivity index (χ4v) is 1.69. The molecule has 1 saturated heterocycles. The Morgan fingerprint density at radius 2 is 2.24 bits per heavy atom. The molecule has 6 heteroatoms. The lowest BCUT2D eigenvalue weighted by molar-refractivity contribution is -0.118. The van der Waals surface area contributed by atoms with E-state index in [1.165, 1.54) is 0 Å². The first-order valence-corrected chi connectivity index (χ1v) is 5.33. The third-order valence-corrected chi connectivity index (χ3v) is 2.65. The summed E-state index contributed by atoms with van der Waals surface area (Å²) in [6.45, 7) is 1.15. The van der Waals surface area contributed by atoms with Crippen LogP contribution in [0.3, 0.4) is 0 Å². The zero-order valence-corrected chi connectivity index (χ0v) is 9.06. The molecular formula is C11H12N2O4. The predicted octanol–water partition coefficient (Wildman–Crippen LogP) is 0.377. The molecule has 0 bridgehead atoms. The van der Waals surface area contributed by atoms with Crippen LogP contribution in [0.2, 0.25) is 0 Å². The SMILES string of the molecule is Nc1cc2c(cc1OC1COC1)NC(=O)CO2. The second kappa shape index (κ2) is 3.81. The van der Waals surface area contributed by atoms with Gasteiger partial charge in [0.15, 0.2) is 6.61 Å². The van der Waals surface area contributed by atoms with Gasteiger partial charge in [0.25, 0.3) is 5.91 Å². The highest BCUT2D eigenvalue weighted by Crippen LogP contribution is 2.37. The zero-order chi connectivity index (χ0) is 11.8. The Balaban J connectivity index is 1.88. The quantitative estimate of drug-likeness (QED) is 0.725. The molecule has 0 atom stereocenters. The van der Waals surface area contributed by atoms with Crippen LogP contribution in [-0.2, 0) is 9.53 Å². The molecule has 1 aromatic carbocycles. The number of nitrogens with two attached hydrogens (primary N) is 1. The molecule has 2 heterocycles. The molecule has 17 heavy (non-hydrogen) atoms. The van der Waals surface area contributed by atoms with Crippen LogP contribution in [0, 0.1) is 0 Å². The molecule has 0 spiro atoms. The van der Waals surface area contributed by atoms with Crippen LogP contribution in [0.5, 0.6) is 11.5 Å². The van der Waals surface area contributed by atoms with Crippen molar-refractivity contribution >= 4 is 17.3 Å². The van der Waals surface area contributed by atoms with E-state index in [1.807, 2.05) is 0 Å². The minimum Gasteiger partial charge on any atom is -0.483 e. The van der Waals surface area contributed by atoms with Gasteiger partial charge < -0.3 is 25.3 Å². The number of hydrogen-bond acceptors (Lipinski definition) is 5. The van der Waals surface area contributed by atoms with Crippen LogP contribution in [-0.4, -0.2) is 31.8 Å². The van der Waals surface area contributed by atoms with Crippen molar-refractivity contribution in [1.29, 1.82) is 0 Å². The first-order valence-electron chi connectivity index (χ1n) is 5.33. The number of fused-ring (bicyclic) bond motifs is 1. The van der Waals surface area contributed by atoms with Crippen molar-refractivity contribution < 1.29 is 19.0 Å². The fourth-order valence-electron chi connectivity index (χ4n) is 1.69. The molecule has 1 fully saturated rings. The normalized spacial score (nSPS) is 18.7. The van der Waals surface area contributed by atoms with E-state index in [4.69, 9.17) is 19.9 Å². The van der Waals surface area contributed by atoms with Crippen molar-refractivity contribution in [3.8, 4) is 11.5 Å². The summed E-state index contributed by atoms with van der Waals surface area (Å²) in [6, 6.07) is 3.34. The van der Waals surface area contributed by atoms with E-state index >= 15 is 0 Å². The molecule has 3 N–H and O–H groups in total. The summed E-state index contributed by atoms with van der Waals surface area (Å²) in [4.78, 5) is 11.2. The highest BCUT2D eigenvalue weighted by atomic mass is 16.6. The summed E-state index contributed by atoms with van der Waals surface area (Å²) in [5.41, 5.74) is 6.93. The molecule has 0 aliphatic carbocycles. The summed E-state index contributed by atoms with van der Waals surface area (Å²) in [5, 5.41) is 2.71. The maximum absolute atomic E-state index is 11.2. The van der Waals surface area contributed by atoms with Gasteiger partial charge in [0.2, 0.25) is 0 Å². The van der Waals surface area contributed by atoms with Crippen molar-refractivity contribution in [3.05, 3.63) is 12.1 Å². The Bertz CT molecular complexity index is 471. The highest BCUT2D eigenvalue weighted by molar-refractivity contribution is 5.96. The predicted molar refractivity (Wildman–Crippen MR) is 60.2 cm³/mol. The van der Waals surface area contributed by atoms with Gasteiger partial charge in [0.1, 0.15) is 17.6 Å². The van der Waals surface area contributed by atoms with E-state index in [2.05, 4.69) is 5.32 Å². The number of benzene rings is 1. The van der Waals surface area contributed by atoms with Gasteiger partial charge in [-0.3, -0.25) is 4.79 Å². The number of amides is 1. The molecule has 0 radical (unpaired) electrons. The third-order valence-electron chi connectivity index (χ3n) is 2.65. The van der Waals surface area contributed by atoms with E-state index < -0.39 is 0 Å². The topological polar surface area (TPSA) is 82.8 Å². The summed E-state index contributed by atoms with van der Waals surface area (Å²) in [6.07, 6.45) is 0.0376. The first kappa shape index (κ1) is 10.2. The van der Waals surface area contributed by atoms with Crippen LogP contribution in [0.1, 0.15) is 0 Å². The van der Waals surface area contributed by atoms with Crippen LogP contribution in [0.15, 0.2) is 12.1 Å². The van der Waals surface area contributed by atoms with E-state index in [9.17, 15) is 4.79 Å². The maximum Gasteiger partial charge on any atom is 0.262 e. The number of nitrogens with one attached hydrogen (secondary N) is 1. The number of carbonyl (C=O) groups is 1. The van der Waals surface area contributed by atoms with Crippen LogP contribution in [0.25, 0.3) is 0 Å². The molecule has 2 aliphatic heterocycles. The van der Waals surface area contributed by atoms with Crippen molar-refractivity contribution in [2.24, 2.45) is 0 Å². The van der Waals surface area contributed by atoms with Gasteiger partial charge in [-0.1, -0.05) is 0 Å². The molecule has 2 aliphatic rings. The van der Waals surface area contributed by atoms with Crippen LogP contribution in [0.4, 0.5) is 11.4 Å². The standard InChI is InChI=1S/C11H12N2O4/c12-7-1-10-8(13-11(14)5-16-10)2-9(7)17-6-3-15-4-6/h1-2,6H,3-5,12H2,(H,13,14). The van der Waals surface area contributed by atoms with Gasteiger partial charge >= 0.3 is 0 Å². The Labute approximate surface area is 97.6 Å². The molecule has 1 aromatic rings. The molecule has 0 unspecified atom stereocenters. The van der Waals surface area contributed by atoms with Crippen molar-refractivity contribution in [1.82, 2.24) is 0 Å². The van der Waals surface area contributed by atoms with Gasteiger partial charge in [-0.25, -0.2) is 0 Å². The number of nitrogen functional groups attached to an aromatic ring is 1. The van der Waals surface area contributed by atoms with Gasteiger partial charge in [-0.05, 0) is 0 Å². The molecule has 0 aromatic heterocycles. The number of anilines is 2. The monoisotopic (exact) mass is 236 g/mol. The molecule has 6 nitrogen and oxygen atoms in total. The van der Waals surface area contributed by atoms with E-state index in [0.717, 1.165) is 0 Å². The molecule has 0 saturated carbocycles. The number of ether oxygens (including phenoxy) is 3. The Kier molecular flexibility index (Phi) is 2.29. The van der Waals surface area contributed by atoms with E-state index in [1.54, 1.807) is 12.1 Å². The number of hydrogen-bond donors (Lipinski definition) is 2. The van der Waals surface area contributed by atoms with Gasteiger partial charge in [-0.2, -0.15) is 0 Å². The average Bonchev–Trinajstić information content (AvgIpc) is 2.24. The molecular weight excluding hydrogens is 224 g/mol. The minimum atomic E-state index is -0.180. The van der Waals surface area contributed by atoms with Crippen molar-refractivity contribution in [2.45, 2.75) is 6.10 Å². The van der Waals surface area contributed by atoms with Gasteiger partial charge in [0.05, 0.1) is 24.6 Å². The second-order valence-electron chi connectivity index (χ2n) is 4.00. The lowest BCUT2D eigenvalue weighted by Crippen LogP contribution is -2.38. The second-order valence-corrected chi connectivity index (χ2v) is 4.00. The maximum atomic E-state index is 11.2. The largest absolute Gasteiger partial charge is 0.483 e. The molecule has 1 amide bonds. The van der Waals surface area contributed by atoms with Crippen molar-refractivity contribution in [2.75, 3.05) is 30.9 Å². The zero-order valence-electron chi connectivity index (χ0n) is 9.06. The highest BCUT2D eigenvalue weighted by Gasteiger charge is 2.23. The van der Waals surface area contributed by atoms with Gasteiger partial charge in [-0.15, -0.1) is 0 Å². The Hall–Kier alpha value is -1.95. The van der Waals surface area contributed by atoms with Crippen LogP contribution < -0.4 is 20.5 Å². The summed E-state index contributed by atoms with van der Waals surface area (Å²) < 4.78 is 15.9. The molecule has 90 valence electrons. The number of rotatable bonds is 2. The third kappa shape index (κ3) is 1.87. The molecule has 3 rings (SSSR count). The van der Waals surface area contributed by atoms with Gasteiger partial charge in [0, 0.05) is 12.1 Å². The Morgan fingerprint density at radius 3 is 2.94 bits per heavy atom. The summed E-state index contributed by atoms with van der Waals surface area (Å²) in [5.74, 6) is 0.933. The van der Waals surface area contributed by atoms with Crippen LogP contribution >= 0.6 is 0 Å². The fraction of sp³-hybridized carbons (Fsp3) is 0.364. The lowest BCUT2D eigenvalue weighted by Gasteiger charge is -2.28.